The van der Waals surface area contributed by atoms with Crippen LogP contribution in [0.3, 0.4) is 0 Å². The third-order valence-electron chi connectivity index (χ3n) is 27.1. The maximum Gasteiger partial charge on any atom is 0.239 e. The van der Waals surface area contributed by atoms with Crippen molar-refractivity contribution in [1.82, 2.24) is 59.8 Å². The summed E-state index contributed by atoms with van der Waals surface area (Å²) in [5.41, 5.74) is 5.94. The number of para-hydroxylation sites is 4. The highest BCUT2D eigenvalue weighted by Gasteiger charge is 2.48. The van der Waals surface area contributed by atoms with E-state index in [0.29, 0.717) is 142 Å². The third-order valence-corrected chi connectivity index (χ3v) is 34.4. The second kappa shape index (κ2) is 45.7. The van der Waals surface area contributed by atoms with Crippen LogP contribution in [0.1, 0.15) is 77.0 Å². The Kier molecular flexibility index (Phi) is 33.1. The van der Waals surface area contributed by atoms with Crippen molar-refractivity contribution in [2.24, 2.45) is 10.8 Å². The predicted molar refractivity (Wildman–Crippen MR) is 588 cm³/mol. The Morgan fingerprint density at radius 1 is 0.295 bits per heavy atom. The number of nitrogens with zero attached hydrogens (tertiary/aromatic N) is 16. The first-order valence-electron chi connectivity index (χ1n) is 48.5. The number of hydrogen-bond donors (Lipinski definition) is 8. The van der Waals surface area contributed by atoms with Gasteiger partial charge in [-0.15, -0.1) is 0 Å². The van der Waals surface area contributed by atoms with Gasteiger partial charge in [0.2, 0.25) is 47.3 Å². The third kappa shape index (κ3) is 25.7. The molecule has 44 heteroatoms. The Morgan fingerprint density at radius 2 is 0.610 bits per heavy atom. The van der Waals surface area contributed by atoms with Crippen LogP contribution in [0.4, 0.5) is 116 Å². The van der Waals surface area contributed by atoms with E-state index >= 15 is 0 Å². The molecule has 8 aliphatic heterocycles. The van der Waals surface area contributed by atoms with Crippen molar-refractivity contribution < 1.29 is 56.2 Å². The monoisotopic (exact) mass is 2140 g/mol. The lowest BCUT2D eigenvalue weighted by molar-refractivity contribution is -0.0951. The highest BCUT2D eigenvalue weighted by Crippen LogP contribution is 2.49. The molecular weight excluding hydrogens is 2020 g/mol. The minimum Gasteiger partial charge on any atom is -0.479 e. The van der Waals surface area contributed by atoms with Gasteiger partial charge in [-0.25, -0.2) is 19.9 Å². The number of hydrogen-bond acceptors (Lipinski definition) is 36. The Bertz CT molecular complexity index is 6660. The van der Waals surface area contributed by atoms with Crippen LogP contribution in [0.5, 0.6) is 23.5 Å². The van der Waals surface area contributed by atoms with Crippen LogP contribution in [-0.2, 0) is 37.2 Å². The van der Waals surface area contributed by atoms with Crippen LogP contribution in [0, 0.1) is 10.8 Å². The largest absolute Gasteiger partial charge is 0.479 e. The second-order valence-corrected chi connectivity index (χ2v) is 53.6. The first-order valence-corrected chi connectivity index (χ1v) is 60.5. The molecule has 0 radical (unpaired) electrons. The number of aromatic nitrogens is 12. The van der Waals surface area contributed by atoms with E-state index in [0.717, 1.165) is 201 Å². The molecule has 0 aliphatic carbocycles. The zero-order valence-electron chi connectivity index (χ0n) is 83.9. The number of piperidine rings is 1. The van der Waals surface area contributed by atoms with E-state index in [1.54, 1.807) is 81.8 Å². The smallest absolute Gasteiger partial charge is 0.239 e. The molecule has 16 heterocycles. The molecule has 8 aromatic heterocycles. The van der Waals surface area contributed by atoms with Gasteiger partial charge in [0.05, 0.1) is 101 Å². The second-order valence-electron chi connectivity index (χ2n) is 39.2. The molecule has 36 nitrogen and oxygen atoms in total. The summed E-state index contributed by atoms with van der Waals surface area (Å²) < 4.78 is 96.6. The van der Waals surface area contributed by atoms with Crippen molar-refractivity contribution in [3.8, 4) is 23.5 Å². The minimum absolute atomic E-state index is 0.0213. The number of benzene rings is 4. The molecule has 0 amide bonds. The average molecular weight is 2140 g/mol. The highest BCUT2D eigenvalue weighted by molar-refractivity contribution is 7.71. The summed E-state index contributed by atoms with van der Waals surface area (Å²) in [7, 11) is -3.68. The van der Waals surface area contributed by atoms with Crippen LogP contribution in [-0.4, -0.2) is 245 Å². The van der Waals surface area contributed by atoms with Gasteiger partial charge < -0.3 is 118 Å². The summed E-state index contributed by atoms with van der Waals surface area (Å²) in [5.74, 6) is 8.16. The van der Waals surface area contributed by atoms with Crippen LogP contribution >= 0.6 is 75.0 Å². The molecule has 1 unspecified atom stereocenters. The lowest BCUT2D eigenvalue weighted by Crippen LogP contribution is -2.64. The topological polar surface area (TPSA) is 406 Å². The van der Waals surface area contributed by atoms with Crippen LogP contribution in [0.2, 0.25) is 20.1 Å². The first-order chi connectivity index (χ1) is 70.0. The standard InChI is InChI=1S/C27H34ClN6O3P.3C25H30ClN6O3P/c1-36-25-21(8-9-23(32-25)34-14-10-27(11-15-34)12-16-37-17-13-27)31-26-29-18-19(28)24(33-26)30-20-6-4-5-7-22(20)38(2,3)35;1-34-23-19(10-11-21(30-23)32-15-25(16-32)12-6-7-13-35-25)29-24-27-14-17(26)22(31-24)28-18-8-4-5-9-20(18)36(2,3)33;1-34-23-19(9-10-21(30-23)32-13-12-25(16-32)11-6-14-35-25)29-24-27-15-17(26)22(31-24)28-18-7-4-5-8-20(18)36(2,3)33;1-34-23-19(9-10-21(30-23)32-14-25(15-32)11-6-12-35-16-25)29-24-27-13-17(26)22(31-24)28-18-7-4-5-8-20(18)36(2,3)33/h4-9,18H,10-17H2,1-3H3,(H2,29,30,31,33);4-5,8-11,14H,6-7,12-13,15-16H2,1-3H3,(H2,27,28,29,31);4-5,7-10,15H,6,11-14,16H2,1-3H3,(H2,27,28,29,31);4-5,7-10,13H,6,11-12,14-16H2,1-3H3,(H2,27,28,29,31). The van der Waals surface area contributed by atoms with Gasteiger partial charge in [0, 0.05) is 98.9 Å². The molecule has 0 saturated carbocycles. The molecule has 8 aliphatic rings. The molecule has 8 saturated heterocycles. The van der Waals surface area contributed by atoms with Crippen molar-refractivity contribution in [2.75, 3.05) is 236 Å². The lowest BCUT2D eigenvalue weighted by Gasteiger charge is -2.52. The summed E-state index contributed by atoms with van der Waals surface area (Å²) in [5, 5.41) is 29.9. The van der Waals surface area contributed by atoms with E-state index in [4.69, 9.17) is 104 Å². The van der Waals surface area contributed by atoms with Crippen molar-refractivity contribution in [3.05, 3.63) is 190 Å². The number of halogens is 4. The fourth-order valence-corrected chi connectivity index (χ4v) is 24.5. The van der Waals surface area contributed by atoms with Crippen LogP contribution in [0.15, 0.2) is 170 Å². The quantitative estimate of drug-likeness (QED) is 0.0211. The molecule has 1 atom stereocenters. The van der Waals surface area contributed by atoms with Gasteiger partial charge in [0.15, 0.2) is 23.3 Å². The van der Waals surface area contributed by atoms with E-state index in [1.165, 1.54) is 37.6 Å². The Morgan fingerprint density at radius 3 is 0.938 bits per heavy atom. The van der Waals surface area contributed by atoms with E-state index in [-0.39, 0.29) is 16.6 Å². The summed E-state index contributed by atoms with van der Waals surface area (Å²) in [6, 6.07) is 45.3. The first kappa shape index (κ1) is 106. The molecule has 8 N–H and O–H groups in total. The summed E-state index contributed by atoms with van der Waals surface area (Å²) in [6.07, 6.45) is 19.7. The Labute approximate surface area is 871 Å². The minimum atomic E-state index is -2.51. The van der Waals surface area contributed by atoms with Crippen molar-refractivity contribution >= 4 is 212 Å². The molecule has 20 rings (SSSR count). The van der Waals surface area contributed by atoms with Gasteiger partial charge in [-0.3, -0.25) is 0 Å². The van der Waals surface area contributed by atoms with E-state index in [2.05, 4.69) is 102 Å². The molecule has 146 heavy (non-hydrogen) atoms. The van der Waals surface area contributed by atoms with Gasteiger partial charge >= 0.3 is 0 Å². The zero-order chi connectivity index (χ0) is 103. The number of anilines is 20. The lowest BCUT2D eigenvalue weighted by atomic mass is 9.72. The van der Waals surface area contributed by atoms with Crippen molar-refractivity contribution in [2.45, 2.75) is 88.3 Å². The predicted octanol–water partition coefficient (Wildman–Crippen LogP) is 20.6. The maximum atomic E-state index is 12.8. The zero-order valence-corrected chi connectivity index (χ0v) is 90.5. The van der Waals surface area contributed by atoms with E-state index in [1.807, 2.05) is 146 Å². The molecule has 12 aromatic rings. The molecule has 8 fully saturated rings. The summed E-state index contributed by atoms with van der Waals surface area (Å²) >= 11 is 25.5. The van der Waals surface area contributed by atoms with Gasteiger partial charge in [-0.2, -0.15) is 39.9 Å². The molecule has 4 aromatic carbocycles. The molecule has 772 valence electrons. The van der Waals surface area contributed by atoms with E-state index < -0.39 is 28.6 Å². The average Bonchev–Trinajstić information content (AvgIpc) is 0.923. The number of nitrogens with one attached hydrogen (secondary N) is 8. The molecular formula is C102H124Cl4N24O12P4. The fourth-order valence-electron chi connectivity index (χ4n) is 19.4. The molecule has 0 bridgehead atoms. The Balaban J connectivity index is 0.000000133. The summed E-state index contributed by atoms with van der Waals surface area (Å²) in [6.45, 7) is 26.2. The highest BCUT2D eigenvalue weighted by atomic mass is 35.5. The number of methoxy groups -OCH3 is 4. The van der Waals surface area contributed by atoms with E-state index in [9.17, 15) is 18.3 Å². The fraction of sp³-hybridized carbons (Fsp3) is 0.412. The number of rotatable bonds is 28. The van der Waals surface area contributed by atoms with Gasteiger partial charge in [0.25, 0.3) is 0 Å². The Hall–Kier alpha value is -11.5. The number of pyridine rings is 4. The van der Waals surface area contributed by atoms with Crippen molar-refractivity contribution in [3.63, 3.8) is 0 Å². The molecule has 4 spiro atoms. The van der Waals surface area contributed by atoms with Gasteiger partial charge in [-0.1, -0.05) is 94.9 Å². The van der Waals surface area contributed by atoms with Crippen molar-refractivity contribution in [1.29, 1.82) is 0 Å². The summed E-state index contributed by atoms with van der Waals surface area (Å²) in [4.78, 5) is 63.4. The maximum absolute atomic E-state index is 12.8. The van der Waals surface area contributed by atoms with Gasteiger partial charge in [-0.05, 0) is 233 Å². The normalized spacial score (nSPS) is 17.7. The van der Waals surface area contributed by atoms with Crippen LogP contribution < -0.4 is 102 Å². The van der Waals surface area contributed by atoms with Gasteiger partial charge in [0.1, 0.15) is 100 Å². The van der Waals surface area contributed by atoms with Crippen LogP contribution in [0.25, 0.3) is 0 Å². The SMILES string of the molecule is COc1nc(N2CC3(CCCCO3)C2)ccc1Nc1ncc(Cl)c(Nc2ccccc2P(C)(C)=O)n1.COc1nc(N2CC3(CCCOC3)C2)ccc1Nc1ncc(Cl)c(Nc2ccccc2P(C)(C)=O)n1.COc1nc(N2CCC3(CCCO3)C2)ccc1Nc1ncc(Cl)c(Nc2ccccc2P(C)(C)=O)n1.COc1nc(N2CCC3(CCOCC3)CC2)ccc1Nc1ncc(Cl)c(Nc2ccccc2P(C)(C)=O)n1. The number of ether oxygens (including phenoxy) is 8.